The number of nitrogens with one attached hydrogen (secondary N) is 1. The summed E-state index contributed by atoms with van der Waals surface area (Å²) in [6.45, 7) is 6.95. The molecule has 0 atom stereocenters. The highest BCUT2D eigenvalue weighted by molar-refractivity contribution is 6.30. The maximum absolute atomic E-state index is 12.6. The first-order valence-electron chi connectivity index (χ1n) is 8.87. The van der Waals surface area contributed by atoms with Gasteiger partial charge in [-0.25, -0.2) is 0 Å². The van der Waals surface area contributed by atoms with Crippen LogP contribution in [-0.2, 0) is 11.3 Å². The van der Waals surface area contributed by atoms with Crippen LogP contribution in [0.25, 0.3) is 0 Å². The summed E-state index contributed by atoms with van der Waals surface area (Å²) in [7, 11) is 0. The van der Waals surface area contributed by atoms with E-state index in [9.17, 15) is 4.79 Å². The van der Waals surface area contributed by atoms with Crippen LogP contribution < -0.4 is 5.32 Å². The Morgan fingerprint density at radius 1 is 1.12 bits per heavy atom. The molecule has 25 heavy (non-hydrogen) atoms. The number of nitrogens with zero attached hydrogens (tertiary/aromatic N) is 1. The Hall–Kier alpha value is -1.84. The van der Waals surface area contributed by atoms with E-state index in [1.54, 1.807) is 0 Å². The third kappa shape index (κ3) is 4.62. The molecule has 0 spiro atoms. The van der Waals surface area contributed by atoms with Gasteiger partial charge in [0.2, 0.25) is 5.91 Å². The molecule has 0 bridgehead atoms. The van der Waals surface area contributed by atoms with Gasteiger partial charge in [0.1, 0.15) is 0 Å². The lowest BCUT2D eigenvalue weighted by molar-refractivity contribution is -0.121. The molecule has 1 aliphatic rings. The molecule has 3 rings (SSSR count). The van der Waals surface area contributed by atoms with Crippen LogP contribution in [0.1, 0.15) is 29.5 Å². The molecule has 2 aromatic rings. The van der Waals surface area contributed by atoms with E-state index in [2.05, 4.69) is 42.3 Å². The molecule has 3 nitrogen and oxygen atoms in total. The molecule has 0 aromatic heterocycles. The Bertz CT molecular complexity index is 734. The fraction of sp³-hybridized carbons (Fsp3) is 0.381. The van der Waals surface area contributed by atoms with Crippen LogP contribution in [0.4, 0.5) is 5.69 Å². The Labute approximate surface area is 155 Å². The van der Waals surface area contributed by atoms with E-state index in [0.717, 1.165) is 48.7 Å². The predicted octanol–water partition coefficient (Wildman–Crippen LogP) is 4.81. The van der Waals surface area contributed by atoms with Gasteiger partial charge in [-0.1, -0.05) is 35.9 Å². The summed E-state index contributed by atoms with van der Waals surface area (Å²) in [5, 5.41) is 3.89. The summed E-state index contributed by atoms with van der Waals surface area (Å²) < 4.78 is 0. The highest BCUT2D eigenvalue weighted by atomic mass is 35.5. The largest absolute Gasteiger partial charge is 0.326 e. The van der Waals surface area contributed by atoms with Crippen molar-refractivity contribution >= 4 is 23.2 Å². The fourth-order valence-electron chi connectivity index (χ4n) is 3.32. The number of carbonyl (C=O) groups excluding carboxylic acids is 1. The van der Waals surface area contributed by atoms with E-state index in [-0.39, 0.29) is 11.8 Å². The average Bonchev–Trinajstić information content (AvgIpc) is 2.61. The molecule has 4 heteroatoms. The van der Waals surface area contributed by atoms with Crippen molar-refractivity contribution in [2.24, 2.45) is 5.92 Å². The van der Waals surface area contributed by atoms with Crippen molar-refractivity contribution in [3.05, 3.63) is 64.2 Å². The Kier molecular flexibility index (Phi) is 5.77. The number of aryl methyl sites for hydroxylation is 1. The van der Waals surface area contributed by atoms with Crippen LogP contribution in [0, 0.1) is 19.8 Å². The smallest absolute Gasteiger partial charge is 0.227 e. The predicted molar refractivity (Wildman–Crippen MR) is 104 cm³/mol. The van der Waals surface area contributed by atoms with Gasteiger partial charge < -0.3 is 5.32 Å². The summed E-state index contributed by atoms with van der Waals surface area (Å²) in [5.41, 5.74) is 4.56. The van der Waals surface area contributed by atoms with Gasteiger partial charge in [-0.3, -0.25) is 9.69 Å². The van der Waals surface area contributed by atoms with Gasteiger partial charge in [-0.15, -0.1) is 0 Å². The number of amides is 1. The quantitative estimate of drug-likeness (QED) is 0.852. The standard InChI is InChI=1S/C21H25ClN2O/c1-15-4-3-5-20(16(15)2)23-21(25)18-10-12-24(13-11-18)14-17-6-8-19(22)9-7-17/h3-9,18H,10-14H2,1-2H3,(H,23,25). The number of halogens is 1. The molecule has 1 aliphatic heterocycles. The van der Waals surface area contributed by atoms with Crippen molar-refractivity contribution in [2.75, 3.05) is 18.4 Å². The second kappa shape index (κ2) is 8.03. The molecule has 132 valence electrons. The lowest BCUT2D eigenvalue weighted by Gasteiger charge is -2.31. The monoisotopic (exact) mass is 356 g/mol. The highest BCUT2D eigenvalue weighted by Crippen LogP contribution is 2.23. The first-order chi connectivity index (χ1) is 12.0. The second-order valence-electron chi connectivity index (χ2n) is 6.91. The van der Waals surface area contributed by atoms with Gasteiger partial charge in [0, 0.05) is 23.2 Å². The molecule has 0 aliphatic carbocycles. The van der Waals surface area contributed by atoms with E-state index in [4.69, 9.17) is 11.6 Å². The van der Waals surface area contributed by atoms with Gasteiger partial charge in [-0.2, -0.15) is 0 Å². The molecular formula is C21H25ClN2O. The van der Waals surface area contributed by atoms with Crippen LogP contribution in [-0.4, -0.2) is 23.9 Å². The minimum absolute atomic E-state index is 0.0985. The third-order valence-electron chi connectivity index (χ3n) is 5.14. The zero-order valence-electron chi connectivity index (χ0n) is 14.9. The molecule has 1 amide bonds. The highest BCUT2D eigenvalue weighted by Gasteiger charge is 2.25. The summed E-state index contributed by atoms with van der Waals surface area (Å²) in [5.74, 6) is 0.251. The first kappa shape index (κ1) is 18.0. The molecule has 0 unspecified atom stereocenters. The van der Waals surface area contributed by atoms with Crippen molar-refractivity contribution in [1.29, 1.82) is 0 Å². The van der Waals surface area contributed by atoms with Gasteiger partial charge in [0.05, 0.1) is 0 Å². The minimum Gasteiger partial charge on any atom is -0.326 e. The van der Waals surface area contributed by atoms with E-state index in [1.165, 1.54) is 11.1 Å². The van der Waals surface area contributed by atoms with E-state index in [0.29, 0.717) is 0 Å². The number of carbonyl (C=O) groups is 1. The number of hydrogen-bond acceptors (Lipinski definition) is 2. The van der Waals surface area contributed by atoms with Crippen LogP contribution in [0.15, 0.2) is 42.5 Å². The van der Waals surface area contributed by atoms with E-state index >= 15 is 0 Å². The summed E-state index contributed by atoms with van der Waals surface area (Å²) >= 11 is 5.94. The third-order valence-corrected chi connectivity index (χ3v) is 5.39. The van der Waals surface area contributed by atoms with Gasteiger partial charge >= 0.3 is 0 Å². The number of piperidine rings is 1. The number of benzene rings is 2. The fourth-order valence-corrected chi connectivity index (χ4v) is 3.45. The van der Waals surface area contributed by atoms with Crippen molar-refractivity contribution in [2.45, 2.75) is 33.2 Å². The zero-order valence-corrected chi connectivity index (χ0v) is 15.6. The normalized spacial score (nSPS) is 16.0. The molecule has 1 heterocycles. The topological polar surface area (TPSA) is 32.3 Å². The summed E-state index contributed by atoms with van der Waals surface area (Å²) in [6.07, 6.45) is 1.81. The lowest BCUT2D eigenvalue weighted by atomic mass is 9.95. The Balaban J connectivity index is 1.52. The van der Waals surface area contributed by atoms with Gasteiger partial charge in [-0.05, 0) is 74.7 Å². The summed E-state index contributed by atoms with van der Waals surface area (Å²) in [6, 6.07) is 14.1. The Morgan fingerprint density at radius 3 is 2.48 bits per heavy atom. The molecule has 0 saturated carbocycles. The molecule has 1 fully saturated rings. The number of hydrogen-bond donors (Lipinski definition) is 1. The van der Waals surface area contributed by atoms with Crippen molar-refractivity contribution in [3.63, 3.8) is 0 Å². The van der Waals surface area contributed by atoms with Gasteiger partial charge in [0.15, 0.2) is 0 Å². The molecule has 1 N–H and O–H groups in total. The van der Waals surface area contributed by atoms with Crippen LogP contribution >= 0.6 is 11.6 Å². The molecular weight excluding hydrogens is 332 g/mol. The van der Waals surface area contributed by atoms with Crippen LogP contribution in [0.3, 0.4) is 0 Å². The van der Waals surface area contributed by atoms with Crippen LogP contribution in [0.2, 0.25) is 5.02 Å². The lowest BCUT2D eigenvalue weighted by Crippen LogP contribution is -2.37. The Morgan fingerprint density at radius 2 is 1.80 bits per heavy atom. The maximum atomic E-state index is 12.6. The van der Waals surface area contributed by atoms with Crippen molar-refractivity contribution in [3.8, 4) is 0 Å². The summed E-state index contributed by atoms with van der Waals surface area (Å²) in [4.78, 5) is 15.0. The number of anilines is 1. The molecule has 2 aromatic carbocycles. The zero-order chi connectivity index (χ0) is 17.8. The van der Waals surface area contributed by atoms with E-state index < -0.39 is 0 Å². The first-order valence-corrected chi connectivity index (χ1v) is 9.24. The van der Waals surface area contributed by atoms with Crippen molar-refractivity contribution < 1.29 is 4.79 Å². The number of rotatable bonds is 4. The second-order valence-corrected chi connectivity index (χ2v) is 7.35. The SMILES string of the molecule is Cc1cccc(NC(=O)C2CCN(Cc3ccc(Cl)cc3)CC2)c1C. The van der Waals surface area contributed by atoms with Crippen molar-refractivity contribution in [1.82, 2.24) is 4.90 Å². The van der Waals surface area contributed by atoms with Gasteiger partial charge in [0.25, 0.3) is 0 Å². The average molecular weight is 357 g/mol. The maximum Gasteiger partial charge on any atom is 0.227 e. The minimum atomic E-state index is 0.0985. The van der Waals surface area contributed by atoms with E-state index in [1.807, 2.05) is 24.3 Å². The molecule has 1 saturated heterocycles. The van der Waals surface area contributed by atoms with Crippen LogP contribution in [0.5, 0.6) is 0 Å². The molecule has 0 radical (unpaired) electrons. The number of likely N-dealkylation sites (tertiary alicyclic amines) is 1.